The monoisotopic (exact) mass is 266 g/mol. The second-order valence-corrected chi connectivity index (χ2v) is 5.88. The summed E-state index contributed by atoms with van der Waals surface area (Å²) in [5, 5.41) is 3.62. The molecule has 2 rings (SSSR count). The molecule has 1 aliphatic heterocycles. The van der Waals surface area contributed by atoms with Crippen molar-refractivity contribution in [3.05, 3.63) is 0 Å². The molecule has 0 bridgehead atoms. The fourth-order valence-corrected chi connectivity index (χ4v) is 3.08. The molecule has 0 aromatic carbocycles. The molecule has 4 nitrogen and oxygen atoms in total. The van der Waals surface area contributed by atoms with Crippen LogP contribution in [-0.2, 0) is 0 Å². The molecule has 1 heterocycles. The van der Waals surface area contributed by atoms with E-state index in [-0.39, 0.29) is 0 Å². The Hall–Kier alpha value is -0.770. The Kier molecular flexibility index (Phi) is 5.49. The summed E-state index contributed by atoms with van der Waals surface area (Å²) in [5.74, 6) is 1.11. The van der Waals surface area contributed by atoms with Crippen molar-refractivity contribution in [2.45, 2.75) is 58.0 Å². The van der Waals surface area contributed by atoms with Gasteiger partial charge in [0.25, 0.3) is 0 Å². The highest BCUT2D eigenvalue weighted by molar-refractivity contribution is 5.80. The number of likely N-dealkylation sites (N-methyl/N-ethyl adjacent to an activating group) is 2. The fourth-order valence-electron chi connectivity index (χ4n) is 3.08. The number of aliphatic imine (C=N–C) groups is 1. The van der Waals surface area contributed by atoms with Gasteiger partial charge >= 0.3 is 0 Å². The Labute approximate surface area is 118 Å². The minimum absolute atomic E-state index is 0.665. The van der Waals surface area contributed by atoms with Gasteiger partial charge in [-0.05, 0) is 52.1 Å². The summed E-state index contributed by atoms with van der Waals surface area (Å²) in [6.45, 7) is 8.80. The average Bonchev–Trinajstić information content (AvgIpc) is 2.79. The van der Waals surface area contributed by atoms with Gasteiger partial charge in [0, 0.05) is 32.2 Å². The van der Waals surface area contributed by atoms with Crippen LogP contribution < -0.4 is 5.32 Å². The van der Waals surface area contributed by atoms with E-state index in [1.165, 1.54) is 45.2 Å². The van der Waals surface area contributed by atoms with E-state index in [1.807, 2.05) is 0 Å². The van der Waals surface area contributed by atoms with Crippen LogP contribution in [0.15, 0.2) is 4.99 Å². The molecule has 1 aliphatic carbocycles. The molecule has 0 amide bonds. The number of likely N-dealkylation sites (tertiary alicyclic amines) is 1. The highest BCUT2D eigenvalue weighted by Crippen LogP contribution is 2.19. The first-order valence-electron chi connectivity index (χ1n) is 8.00. The molecule has 2 aliphatic rings. The van der Waals surface area contributed by atoms with Crippen LogP contribution >= 0.6 is 0 Å². The normalized spacial score (nSPS) is 25.4. The quantitative estimate of drug-likeness (QED) is 0.609. The third-order valence-electron chi connectivity index (χ3n) is 4.50. The molecule has 2 fully saturated rings. The SMILES string of the molecule is CCN=C(NC1CCC1)N(C)CC1CCCN1CC. The molecular formula is C15H30N4. The van der Waals surface area contributed by atoms with Gasteiger partial charge < -0.3 is 10.2 Å². The molecule has 1 unspecified atom stereocenters. The summed E-state index contributed by atoms with van der Waals surface area (Å²) in [6.07, 6.45) is 6.67. The number of rotatable bonds is 5. The van der Waals surface area contributed by atoms with E-state index in [4.69, 9.17) is 0 Å². The summed E-state index contributed by atoms with van der Waals surface area (Å²) in [4.78, 5) is 9.59. The summed E-state index contributed by atoms with van der Waals surface area (Å²) >= 11 is 0. The van der Waals surface area contributed by atoms with Crippen molar-refractivity contribution in [3.8, 4) is 0 Å². The first kappa shape index (κ1) is 14.6. The first-order chi connectivity index (χ1) is 9.24. The Morgan fingerprint density at radius 2 is 2.05 bits per heavy atom. The zero-order valence-corrected chi connectivity index (χ0v) is 12.9. The zero-order valence-electron chi connectivity index (χ0n) is 12.9. The lowest BCUT2D eigenvalue weighted by molar-refractivity contribution is 0.230. The second-order valence-electron chi connectivity index (χ2n) is 5.88. The van der Waals surface area contributed by atoms with Crippen LogP contribution in [0.4, 0.5) is 0 Å². The van der Waals surface area contributed by atoms with Gasteiger partial charge in [-0.25, -0.2) is 0 Å². The maximum absolute atomic E-state index is 4.65. The lowest BCUT2D eigenvalue weighted by atomic mass is 9.93. The van der Waals surface area contributed by atoms with Crippen molar-refractivity contribution in [2.75, 3.05) is 33.2 Å². The van der Waals surface area contributed by atoms with E-state index in [0.29, 0.717) is 12.1 Å². The third-order valence-corrected chi connectivity index (χ3v) is 4.50. The Morgan fingerprint density at radius 3 is 2.63 bits per heavy atom. The minimum atomic E-state index is 0.665. The molecule has 1 N–H and O–H groups in total. The van der Waals surface area contributed by atoms with E-state index >= 15 is 0 Å². The lowest BCUT2D eigenvalue weighted by Crippen LogP contribution is -2.50. The Balaban J connectivity index is 1.87. The zero-order chi connectivity index (χ0) is 13.7. The van der Waals surface area contributed by atoms with Gasteiger partial charge in [-0.2, -0.15) is 0 Å². The molecule has 4 heteroatoms. The summed E-state index contributed by atoms with van der Waals surface area (Å²) in [7, 11) is 2.19. The number of nitrogens with zero attached hydrogens (tertiary/aromatic N) is 3. The van der Waals surface area contributed by atoms with Crippen molar-refractivity contribution in [1.29, 1.82) is 0 Å². The van der Waals surface area contributed by atoms with Crippen LogP contribution in [0.2, 0.25) is 0 Å². The van der Waals surface area contributed by atoms with Crippen molar-refractivity contribution in [1.82, 2.24) is 15.1 Å². The van der Waals surface area contributed by atoms with E-state index < -0.39 is 0 Å². The Bertz CT molecular complexity index is 299. The van der Waals surface area contributed by atoms with Gasteiger partial charge in [0.1, 0.15) is 0 Å². The van der Waals surface area contributed by atoms with Crippen LogP contribution in [0.25, 0.3) is 0 Å². The molecule has 0 aromatic rings. The van der Waals surface area contributed by atoms with E-state index in [0.717, 1.165) is 19.0 Å². The van der Waals surface area contributed by atoms with Gasteiger partial charge in [-0.15, -0.1) is 0 Å². The van der Waals surface area contributed by atoms with Crippen molar-refractivity contribution >= 4 is 5.96 Å². The molecule has 1 atom stereocenters. The number of guanidine groups is 1. The number of hydrogen-bond acceptors (Lipinski definition) is 2. The molecule has 1 saturated carbocycles. The average molecular weight is 266 g/mol. The highest BCUT2D eigenvalue weighted by atomic mass is 15.3. The van der Waals surface area contributed by atoms with E-state index in [1.54, 1.807) is 0 Å². The van der Waals surface area contributed by atoms with Crippen LogP contribution in [0, 0.1) is 0 Å². The summed E-state index contributed by atoms with van der Waals surface area (Å²) < 4.78 is 0. The molecule has 1 saturated heterocycles. The van der Waals surface area contributed by atoms with Gasteiger partial charge in [-0.1, -0.05) is 6.92 Å². The smallest absolute Gasteiger partial charge is 0.193 e. The summed E-state index contributed by atoms with van der Waals surface area (Å²) in [6, 6.07) is 1.37. The fraction of sp³-hybridized carbons (Fsp3) is 0.933. The van der Waals surface area contributed by atoms with Crippen molar-refractivity contribution < 1.29 is 0 Å². The highest BCUT2D eigenvalue weighted by Gasteiger charge is 2.26. The molecular weight excluding hydrogens is 236 g/mol. The van der Waals surface area contributed by atoms with Crippen molar-refractivity contribution in [2.24, 2.45) is 4.99 Å². The predicted octanol–water partition coefficient (Wildman–Crippen LogP) is 1.92. The van der Waals surface area contributed by atoms with Gasteiger partial charge in [0.2, 0.25) is 0 Å². The molecule has 0 radical (unpaired) electrons. The van der Waals surface area contributed by atoms with Crippen molar-refractivity contribution in [3.63, 3.8) is 0 Å². The maximum atomic E-state index is 4.65. The molecule has 110 valence electrons. The molecule has 0 aromatic heterocycles. The van der Waals surface area contributed by atoms with Gasteiger partial charge in [-0.3, -0.25) is 9.89 Å². The third kappa shape index (κ3) is 3.85. The predicted molar refractivity (Wildman–Crippen MR) is 81.6 cm³/mol. The number of nitrogens with one attached hydrogen (secondary N) is 1. The van der Waals surface area contributed by atoms with Gasteiger partial charge in [0.15, 0.2) is 5.96 Å². The van der Waals surface area contributed by atoms with Crippen LogP contribution in [-0.4, -0.2) is 61.1 Å². The van der Waals surface area contributed by atoms with E-state index in [9.17, 15) is 0 Å². The first-order valence-corrected chi connectivity index (χ1v) is 8.00. The van der Waals surface area contributed by atoms with Crippen LogP contribution in [0.3, 0.4) is 0 Å². The summed E-state index contributed by atoms with van der Waals surface area (Å²) in [5.41, 5.74) is 0. The maximum Gasteiger partial charge on any atom is 0.193 e. The lowest BCUT2D eigenvalue weighted by Gasteiger charge is -2.34. The van der Waals surface area contributed by atoms with E-state index in [2.05, 4.69) is 41.0 Å². The molecule has 0 spiro atoms. The minimum Gasteiger partial charge on any atom is -0.354 e. The topological polar surface area (TPSA) is 30.9 Å². The largest absolute Gasteiger partial charge is 0.354 e. The van der Waals surface area contributed by atoms with Crippen LogP contribution in [0.1, 0.15) is 46.0 Å². The molecule has 19 heavy (non-hydrogen) atoms. The van der Waals surface area contributed by atoms with Gasteiger partial charge in [0.05, 0.1) is 0 Å². The Morgan fingerprint density at radius 1 is 1.26 bits per heavy atom. The number of hydrogen-bond donors (Lipinski definition) is 1. The second kappa shape index (κ2) is 7.13. The van der Waals surface area contributed by atoms with Crippen LogP contribution in [0.5, 0.6) is 0 Å². The standard InChI is InChI=1S/C15H30N4/c1-4-16-15(17-13-8-6-9-13)18(3)12-14-10-7-11-19(14)5-2/h13-14H,4-12H2,1-3H3,(H,16,17).